The molecule has 0 atom stereocenters. The SMILES string of the molecule is CN(C)c1ccc(-c2oc3ccc4ccccc4c3c2C(F)(F)F)cc1. The molecule has 0 radical (unpaired) electrons. The minimum atomic E-state index is -4.52. The Morgan fingerprint density at radius 1 is 0.846 bits per heavy atom. The third-order valence-corrected chi connectivity index (χ3v) is 4.51. The van der Waals surface area contributed by atoms with Gasteiger partial charge in [0.25, 0.3) is 0 Å². The molecule has 0 aliphatic heterocycles. The first-order valence-corrected chi connectivity index (χ1v) is 8.15. The first kappa shape index (κ1) is 16.5. The van der Waals surface area contributed by atoms with E-state index in [1.54, 1.807) is 54.6 Å². The van der Waals surface area contributed by atoms with Gasteiger partial charge in [0.2, 0.25) is 0 Å². The second kappa shape index (κ2) is 5.80. The highest BCUT2D eigenvalue weighted by Crippen LogP contribution is 2.46. The predicted octanol–water partition coefficient (Wildman–Crippen LogP) is 6.34. The van der Waals surface area contributed by atoms with E-state index < -0.39 is 11.7 Å². The molecule has 1 aromatic heterocycles. The van der Waals surface area contributed by atoms with Crippen molar-refractivity contribution in [1.82, 2.24) is 0 Å². The normalized spacial score (nSPS) is 12.0. The molecule has 2 nitrogen and oxygen atoms in total. The van der Waals surface area contributed by atoms with Crippen molar-refractivity contribution in [3.8, 4) is 11.3 Å². The summed E-state index contributed by atoms with van der Waals surface area (Å²) in [6, 6.07) is 17.3. The molecule has 26 heavy (non-hydrogen) atoms. The fourth-order valence-electron chi connectivity index (χ4n) is 3.25. The van der Waals surface area contributed by atoms with Crippen LogP contribution >= 0.6 is 0 Å². The van der Waals surface area contributed by atoms with Crippen LogP contribution in [0.2, 0.25) is 0 Å². The lowest BCUT2D eigenvalue weighted by molar-refractivity contribution is -0.136. The highest BCUT2D eigenvalue weighted by molar-refractivity contribution is 6.09. The first-order chi connectivity index (χ1) is 12.4. The molecule has 0 saturated carbocycles. The predicted molar refractivity (Wildman–Crippen MR) is 98.5 cm³/mol. The molecule has 1 heterocycles. The van der Waals surface area contributed by atoms with Crippen molar-refractivity contribution in [2.45, 2.75) is 6.18 Å². The van der Waals surface area contributed by atoms with Crippen LogP contribution in [0, 0.1) is 0 Å². The fourth-order valence-corrected chi connectivity index (χ4v) is 3.25. The number of nitrogens with zero attached hydrogens (tertiary/aromatic N) is 1. The number of rotatable bonds is 2. The highest BCUT2D eigenvalue weighted by atomic mass is 19.4. The Kier molecular flexibility index (Phi) is 3.68. The van der Waals surface area contributed by atoms with Crippen LogP contribution in [-0.4, -0.2) is 14.1 Å². The summed E-state index contributed by atoms with van der Waals surface area (Å²) in [5.41, 5.74) is 0.830. The zero-order valence-electron chi connectivity index (χ0n) is 14.3. The van der Waals surface area contributed by atoms with E-state index >= 15 is 0 Å². The summed E-state index contributed by atoms with van der Waals surface area (Å²) in [7, 11) is 3.76. The number of hydrogen-bond donors (Lipinski definition) is 0. The lowest BCUT2D eigenvalue weighted by atomic mass is 10.00. The number of hydrogen-bond acceptors (Lipinski definition) is 2. The Morgan fingerprint density at radius 3 is 2.19 bits per heavy atom. The van der Waals surface area contributed by atoms with Gasteiger partial charge in [0.1, 0.15) is 16.9 Å². The van der Waals surface area contributed by atoms with Crippen LogP contribution in [0.25, 0.3) is 33.1 Å². The minimum absolute atomic E-state index is 0.113. The quantitative estimate of drug-likeness (QED) is 0.417. The van der Waals surface area contributed by atoms with Crippen LogP contribution < -0.4 is 4.90 Å². The number of furan rings is 1. The number of alkyl halides is 3. The summed E-state index contributed by atoms with van der Waals surface area (Å²) in [5.74, 6) is -0.144. The topological polar surface area (TPSA) is 16.4 Å². The Morgan fingerprint density at radius 2 is 1.54 bits per heavy atom. The van der Waals surface area contributed by atoms with Crippen LogP contribution in [0.5, 0.6) is 0 Å². The molecule has 0 bridgehead atoms. The van der Waals surface area contributed by atoms with Crippen molar-refractivity contribution in [2.24, 2.45) is 0 Å². The minimum Gasteiger partial charge on any atom is -0.455 e. The molecule has 5 heteroatoms. The number of halogens is 3. The molecule has 0 N–H and O–H groups in total. The largest absolute Gasteiger partial charge is 0.455 e. The van der Waals surface area contributed by atoms with Crippen LogP contribution in [0.15, 0.2) is 65.1 Å². The third-order valence-electron chi connectivity index (χ3n) is 4.51. The zero-order valence-corrected chi connectivity index (χ0v) is 14.3. The van der Waals surface area contributed by atoms with Gasteiger partial charge in [0, 0.05) is 30.7 Å². The van der Waals surface area contributed by atoms with E-state index in [1.807, 2.05) is 25.1 Å². The molecular formula is C21H16F3NO. The van der Waals surface area contributed by atoms with Crippen LogP contribution in [-0.2, 0) is 6.18 Å². The molecule has 0 aliphatic carbocycles. The molecule has 4 aromatic rings. The Balaban J connectivity index is 2.05. The first-order valence-electron chi connectivity index (χ1n) is 8.15. The van der Waals surface area contributed by atoms with Crippen molar-refractivity contribution in [3.63, 3.8) is 0 Å². The molecule has 3 aromatic carbocycles. The van der Waals surface area contributed by atoms with Crippen molar-refractivity contribution in [3.05, 3.63) is 66.2 Å². The van der Waals surface area contributed by atoms with Crippen molar-refractivity contribution in [2.75, 3.05) is 19.0 Å². The molecule has 0 unspecified atom stereocenters. The molecule has 0 spiro atoms. The molecular weight excluding hydrogens is 339 g/mol. The highest BCUT2D eigenvalue weighted by Gasteiger charge is 2.39. The number of benzene rings is 3. The second-order valence-corrected chi connectivity index (χ2v) is 6.41. The van der Waals surface area contributed by atoms with Gasteiger partial charge >= 0.3 is 6.18 Å². The summed E-state index contributed by atoms with van der Waals surface area (Å²) in [6.07, 6.45) is -4.52. The van der Waals surface area contributed by atoms with E-state index in [0.29, 0.717) is 10.9 Å². The van der Waals surface area contributed by atoms with E-state index in [1.165, 1.54) is 0 Å². The van der Waals surface area contributed by atoms with Gasteiger partial charge in [0.05, 0.1) is 0 Å². The van der Waals surface area contributed by atoms with Gasteiger partial charge in [-0.25, -0.2) is 0 Å². The number of fused-ring (bicyclic) bond motifs is 3. The van der Waals surface area contributed by atoms with Gasteiger partial charge in [-0.1, -0.05) is 30.3 Å². The van der Waals surface area contributed by atoms with Crippen molar-refractivity contribution >= 4 is 27.4 Å². The van der Waals surface area contributed by atoms with E-state index in [-0.39, 0.29) is 16.7 Å². The smallest absolute Gasteiger partial charge is 0.420 e. The maximum Gasteiger partial charge on any atom is 0.420 e. The van der Waals surface area contributed by atoms with Crippen LogP contribution in [0.1, 0.15) is 5.56 Å². The molecule has 0 aliphatic rings. The van der Waals surface area contributed by atoms with Crippen molar-refractivity contribution < 1.29 is 17.6 Å². The van der Waals surface area contributed by atoms with Gasteiger partial charge in [-0.2, -0.15) is 13.2 Å². The Labute approximate surface area is 148 Å². The monoisotopic (exact) mass is 355 g/mol. The van der Waals surface area contributed by atoms with E-state index in [0.717, 1.165) is 11.1 Å². The van der Waals surface area contributed by atoms with Gasteiger partial charge in [-0.05, 0) is 41.1 Å². The molecule has 4 rings (SSSR count). The lowest BCUT2D eigenvalue weighted by Crippen LogP contribution is -2.08. The van der Waals surface area contributed by atoms with Gasteiger partial charge in [0.15, 0.2) is 0 Å². The van der Waals surface area contributed by atoms with Gasteiger partial charge < -0.3 is 9.32 Å². The lowest BCUT2D eigenvalue weighted by Gasteiger charge is -2.13. The average molecular weight is 355 g/mol. The number of anilines is 1. The molecule has 0 amide bonds. The van der Waals surface area contributed by atoms with E-state index in [4.69, 9.17) is 4.42 Å². The third kappa shape index (κ3) is 2.60. The van der Waals surface area contributed by atoms with Gasteiger partial charge in [-0.15, -0.1) is 0 Å². The summed E-state index contributed by atoms with van der Waals surface area (Å²) in [4.78, 5) is 1.89. The van der Waals surface area contributed by atoms with Crippen LogP contribution in [0.3, 0.4) is 0 Å². The standard InChI is InChI=1S/C21H16F3NO/c1-25(2)15-10-7-14(8-11-15)20-19(21(22,23)24)18-16-6-4-3-5-13(16)9-12-17(18)26-20/h3-12H,1-2H3. The summed E-state index contributed by atoms with van der Waals surface area (Å²) in [6.45, 7) is 0. The van der Waals surface area contributed by atoms with Crippen LogP contribution in [0.4, 0.5) is 18.9 Å². The second-order valence-electron chi connectivity index (χ2n) is 6.41. The summed E-state index contributed by atoms with van der Waals surface area (Å²) < 4.78 is 47.6. The van der Waals surface area contributed by atoms with E-state index in [2.05, 4.69) is 0 Å². The maximum absolute atomic E-state index is 14.0. The molecule has 132 valence electrons. The average Bonchev–Trinajstić information content (AvgIpc) is 3.02. The summed E-state index contributed by atoms with van der Waals surface area (Å²) >= 11 is 0. The molecule has 0 fully saturated rings. The maximum atomic E-state index is 14.0. The van der Waals surface area contributed by atoms with Gasteiger partial charge in [-0.3, -0.25) is 0 Å². The Hall–Kier alpha value is -2.95. The summed E-state index contributed by atoms with van der Waals surface area (Å²) in [5, 5.41) is 1.40. The van der Waals surface area contributed by atoms with E-state index in [9.17, 15) is 13.2 Å². The Bertz CT molecular complexity index is 1090. The molecule has 0 saturated heterocycles. The van der Waals surface area contributed by atoms with Crippen molar-refractivity contribution in [1.29, 1.82) is 0 Å². The fraction of sp³-hybridized carbons (Fsp3) is 0.143. The zero-order chi connectivity index (χ0) is 18.5.